The number of rotatable bonds is 29. The molecule has 23 heteroatoms. The normalized spacial score (nSPS) is 15.8. The van der Waals surface area contributed by atoms with Crippen LogP contribution < -0.4 is 30.2 Å². The van der Waals surface area contributed by atoms with E-state index in [1.807, 2.05) is 4.90 Å². The fourth-order valence-corrected chi connectivity index (χ4v) is 9.03. The molecular formula is C51H60Cl2N8O13. The Labute approximate surface area is 438 Å². The molecule has 4 heterocycles. The molecule has 2 saturated heterocycles. The first-order valence-corrected chi connectivity index (χ1v) is 25.1. The molecule has 1 atom stereocenters. The highest BCUT2D eigenvalue weighted by Gasteiger charge is 2.45. The maximum atomic E-state index is 13.2. The summed E-state index contributed by atoms with van der Waals surface area (Å²) in [5.41, 5.74) is 2.76. The number of carbonyl (C=O) groups excluding carboxylic acids is 5. The van der Waals surface area contributed by atoms with E-state index in [1.54, 1.807) is 49.6 Å². The highest BCUT2D eigenvalue weighted by molar-refractivity contribution is 6.37. The van der Waals surface area contributed by atoms with Crippen molar-refractivity contribution in [2.45, 2.75) is 31.7 Å². The van der Waals surface area contributed by atoms with Crippen molar-refractivity contribution in [1.29, 1.82) is 5.26 Å². The largest absolute Gasteiger partial charge is 0.495 e. The predicted molar refractivity (Wildman–Crippen MR) is 273 cm³/mol. The zero-order valence-electron chi connectivity index (χ0n) is 41.3. The van der Waals surface area contributed by atoms with Gasteiger partial charge in [0.05, 0.1) is 137 Å². The van der Waals surface area contributed by atoms with Crippen LogP contribution in [0.5, 0.6) is 17.2 Å². The Kier molecular flexibility index (Phi) is 20.8. The van der Waals surface area contributed by atoms with Gasteiger partial charge in [-0.25, -0.2) is 0 Å². The van der Waals surface area contributed by atoms with E-state index in [-0.39, 0.29) is 29.9 Å². The topological polar surface area (TPSA) is 242 Å². The smallest absolute Gasteiger partial charge is 0.264 e. The van der Waals surface area contributed by atoms with Crippen LogP contribution in [0.4, 0.5) is 17.1 Å². The molecule has 3 aliphatic heterocycles. The van der Waals surface area contributed by atoms with Crippen LogP contribution in [0.2, 0.25) is 10.0 Å². The maximum absolute atomic E-state index is 13.2. The number of piperidine rings is 1. The molecule has 0 saturated carbocycles. The number of benzene rings is 3. The van der Waals surface area contributed by atoms with Crippen LogP contribution in [-0.2, 0) is 38.1 Å². The maximum Gasteiger partial charge on any atom is 0.264 e. The van der Waals surface area contributed by atoms with E-state index in [1.165, 1.54) is 13.3 Å². The van der Waals surface area contributed by atoms with Crippen LogP contribution >= 0.6 is 23.2 Å². The zero-order chi connectivity index (χ0) is 52.4. The quantitative estimate of drug-likeness (QED) is 0.0475. The van der Waals surface area contributed by atoms with E-state index in [4.69, 9.17) is 61.1 Å². The molecule has 1 aromatic heterocycles. The Morgan fingerprint density at radius 3 is 2.12 bits per heavy atom. The summed E-state index contributed by atoms with van der Waals surface area (Å²) in [6, 6.07) is 12.8. The number of hydrogen-bond acceptors (Lipinski definition) is 18. The first-order chi connectivity index (χ1) is 36.0. The minimum atomic E-state index is -1.03. The number of nitrogens with zero attached hydrogens (tertiary/aromatic N) is 5. The molecule has 0 spiro atoms. The summed E-state index contributed by atoms with van der Waals surface area (Å²) in [4.78, 5) is 72.6. The van der Waals surface area contributed by atoms with Gasteiger partial charge in [0.25, 0.3) is 11.8 Å². The van der Waals surface area contributed by atoms with Crippen molar-refractivity contribution in [3.63, 3.8) is 0 Å². The van der Waals surface area contributed by atoms with Crippen LogP contribution in [0.1, 0.15) is 52.0 Å². The lowest BCUT2D eigenvalue weighted by Crippen LogP contribution is -2.54. The molecule has 3 N–H and O–H groups in total. The summed E-state index contributed by atoms with van der Waals surface area (Å²) in [6.07, 6.45) is 2.69. The third-order valence-electron chi connectivity index (χ3n) is 12.4. The first kappa shape index (κ1) is 55.4. The van der Waals surface area contributed by atoms with Crippen molar-refractivity contribution in [3.8, 4) is 23.3 Å². The second-order valence-corrected chi connectivity index (χ2v) is 17.9. The monoisotopic (exact) mass is 1060 g/mol. The SMILES string of the molecule is COc1cc(Nc2c(C#N)cnc3cc(OCCCN4CCN(C(=O)CCOCCOCCOCCOCCOCCNc5cccc6c5C(=O)N(C5CCC(=O)NC5=O)C6=O)CC4)c(OC)cc23)c(Cl)cc1Cl. The van der Waals surface area contributed by atoms with Crippen molar-refractivity contribution < 1.29 is 61.9 Å². The van der Waals surface area contributed by atoms with E-state index >= 15 is 0 Å². The van der Waals surface area contributed by atoms with Gasteiger partial charge < -0.3 is 53.4 Å². The van der Waals surface area contributed by atoms with Crippen molar-refractivity contribution in [1.82, 2.24) is 25.0 Å². The summed E-state index contributed by atoms with van der Waals surface area (Å²) in [7, 11) is 3.06. The van der Waals surface area contributed by atoms with Crippen molar-refractivity contribution in [3.05, 3.63) is 75.4 Å². The van der Waals surface area contributed by atoms with Gasteiger partial charge in [0, 0.05) is 75.1 Å². The Balaban J connectivity index is 0.671. The lowest BCUT2D eigenvalue weighted by atomic mass is 10.0. The zero-order valence-corrected chi connectivity index (χ0v) is 42.9. The van der Waals surface area contributed by atoms with Crippen molar-refractivity contribution in [2.24, 2.45) is 0 Å². The van der Waals surface area contributed by atoms with Crippen LogP contribution in [0.15, 0.2) is 48.7 Å². The van der Waals surface area contributed by atoms with Crippen LogP contribution in [0.25, 0.3) is 10.9 Å². The van der Waals surface area contributed by atoms with Gasteiger partial charge in [0.2, 0.25) is 17.7 Å². The minimum Gasteiger partial charge on any atom is -0.495 e. The number of aromatic nitrogens is 1. The number of carbonyl (C=O) groups is 5. The van der Waals surface area contributed by atoms with Crippen molar-refractivity contribution >= 4 is 80.7 Å². The number of anilines is 3. The number of halogens is 2. The Morgan fingerprint density at radius 2 is 1.46 bits per heavy atom. The van der Waals surface area contributed by atoms with Gasteiger partial charge in [-0.3, -0.25) is 44.1 Å². The van der Waals surface area contributed by atoms with Gasteiger partial charge in [-0.2, -0.15) is 5.26 Å². The highest BCUT2D eigenvalue weighted by atomic mass is 35.5. The second kappa shape index (κ2) is 27.8. The van der Waals surface area contributed by atoms with E-state index in [0.29, 0.717) is 160 Å². The fraction of sp³-hybridized carbons (Fsp3) is 0.471. The molecule has 3 aliphatic rings. The summed E-state index contributed by atoms with van der Waals surface area (Å²) in [6.45, 7) is 8.07. The van der Waals surface area contributed by atoms with Gasteiger partial charge in [-0.15, -0.1) is 0 Å². The number of ether oxygens (including phenoxy) is 8. The number of amides is 5. The average Bonchev–Trinajstić information content (AvgIpc) is 3.66. The molecule has 7 rings (SSSR count). The summed E-state index contributed by atoms with van der Waals surface area (Å²) in [5, 5.41) is 19.8. The summed E-state index contributed by atoms with van der Waals surface area (Å²) >= 11 is 12.7. The Morgan fingerprint density at radius 1 is 0.784 bits per heavy atom. The third-order valence-corrected chi connectivity index (χ3v) is 13.0. The molecule has 3 aromatic carbocycles. The van der Waals surface area contributed by atoms with Crippen LogP contribution in [0, 0.1) is 11.3 Å². The molecule has 4 aromatic rings. The van der Waals surface area contributed by atoms with Crippen LogP contribution in [-0.4, -0.2) is 181 Å². The molecule has 0 aliphatic carbocycles. The number of imide groups is 2. The molecule has 0 bridgehead atoms. The van der Waals surface area contributed by atoms with E-state index in [2.05, 4.69) is 31.9 Å². The van der Waals surface area contributed by atoms with Gasteiger partial charge in [0.1, 0.15) is 17.9 Å². The van der Waals surface area contributed by atoms with Gasteiger partial charge in [0.15, 0.2) is 11.5 Å². The molecule has 1 unspecified atom stereocenters. The third kappa shape index (κ3) is 14.5. The number of hydrogen-bond donors (Lipinski definition) is 3. The fourth-order valence-electron chi connectivity index (χ4n) is 8.52. The molecule has 2 fully saturated rings. The van der Waals surface area contributed by atoms with E-state index in [0.717, 1.165) is 31.0 Å². The molecule has 0 radical (unpaired) electrons. The number of pyridine rings is 1. The average molecular weight is 1060 g/mol. The summed E-state index contributed by atoms with van der Waals surface area (Å²) < 4.78 is 45.1. The standard InChI is InChI=1S/C51H60Cl2N8O13/c1-67-42-30-40(36(52)28-37(42)53)57-48-33(31-54)32-56-39-29-44(43(68-2)27-35(39)48)74-16-4-11-59-12-14-60(15-13-59)46(63)9-17-69-19-21-71-23-25-73-26-24-72-22-20-70-18-10-55-38-6-3-5-34-47(38)51(66)61(50(34)65)41-7-8-45(62)58-49(41)64/h3,5-6,27-30,32,41,55H,4,7-26H2,1-2H3,(H,56,57)(H,58,62,64). The lowest BCUT2D eigenvalue weighted by molar-refractivity contribution is -0.136. The van der Waals surface area contributed by atoms with E-state index < -0.39 is 29.7 Å². The van der Waals surface area contributed by atoms with Crippen LogP contribution in [0.3, 0.4) is 0 Å². The minimum absolute atomic E-state index is 0.0534. The Hall–Kier alpha value is -6.35. The van der Waals surface area contributed by atoms with Crippen molar-refractivity contribution in [2.75, 3.05) is 137 Å². The lowest BCUT2D eigenvalue weighted by Gasteiger charge is -2.34. The predicted octanol–water partition coefficient (Wildman–Crippen LogP) is 5.07. The number of nitriles is 1. The highest BCUT2D eigenvalue weighted by Crippen LogP contribution is 2.41. The number of piperazine rings is 1. The van der Waals surface area contributed by atoms with E-state index in [9.17, 15) is 29.2 Å². The van der Waals surface area contributed by atoms with Gasteiger partial charge in [-0.05, 0) is 37.1 Å². The first-order valence-electron chi connectivity index (χ1n) is 24.3. The van der Waals surface area contributed by atoms with Gasteiger partial charge in [-0.1, -0.05) is 29.3 Å². The number of nitrogens with one attached hydrogen (secondary N) is 3. The number of fused-ring (bicyclic) bond motifs is 2. The molecule has 396 valence electrons. The molecular weight excluding hydrogens is 1000 g/mol. The Bertz CT molecular complexity index is 2680. The second-order valence-electron chi connectivity index (χ2n) is 17.1. The molecule has 5 amide bonds. The molecule has 74 heavy (non-hydrogen) atoms. The summed E-state index contributed by atoms with van der Waals surface area (Å²) in [5.74, 6) is -0.716. The number of methoxy groups -OCH3 is 2. The molecule has 21 nitrogen and oxygen atoms in total. The van der Waals surface area contributed by atoms with Gasteiger partial charge >= 0.3 is 0 Å².